The van der Waals surface area contributed by atoms with Gasteiger partial charge < -0.3 is 15.6 Å². The van der Waals surface area contributed by atoms with Gasteiger partial charge in [-0.2, -0.15) is 13.2 Å². The Morgan fingerprint density at radius 1 is 1.28 bits per heavy atom. The summed E-state index contributed by atoms with van der Waals surface area (Å²) in [5.41, 5.74) is 0.352. The molecule has 166 valence electrons. The van der Waals surface area contributed by atoms with Crippen LogP contribution in [0.2, 0.25) is 0 Å². The topological polar surface area (TPSA) is 101 Å². The quantitative estimate of drug-likeness (QED) is 0.431. The standard InChI is InChI=1S/C20H18F3N7OS/c21-20(22,23)14-8-27-19(28-11-2-1-4-24-6-11)29-16(14)13-7-26-17-12(13)3-5-30(18(17)31)15-9-25-10-32-15/h3,5,7-11,24,26H,1-2,4,6H2,(H,27,28,29)/t11-/m0/s1. The monoisotopic (exact) mass is 461 g/mol. The molecular weight excluding hydrogens is 443 g/mol. The molecule has 32 heavy (non-hydrogen) atoms. The van der Waals surface area contributed by atoms with Gasteiger partial charge in [0, 0.05) is 42.1 Å². The van der Waals surface area contributed by atoms with E-state index in [4.69, 9.17) is 0 Å². The Labute approximate surface area is 183 Å². The Kier molecular flexibility index (Phi) is 5.18. The molecule has 3 N–H and O–H groups in total. The summed E-state index contributed by atoms with van der Waals surface area (Å²) >= 11 is 1.28. The highest BCUT2D eigenvalue weighted by molar-refractivity contribution is 7.12. The van der Waals surface area contributed by atoms with Gasteiger partial charge in [-0.25, -0.2) is 9.97 Å². The molecule has 1 aliphatic heterocycles. The first-order valence-electron chi connectivity index (χ1n) is 9.95. The summed E-state index contributed by atoms with van der Waals surface area (Å²) < 4.78 is 42.7. The molecule has 0 saturated carbocycles. The average molecular weight is 461 g/mol. The molecule has 12 heteroatoms. The first-order chi connectivity index (χ1) is 15.4. The maximum atomic E-state index is 13.8. The van der Waals surface area contributed by atoms with Gasteiger partial charge in [0.15, 0.2) is 0 Å². The largest absolute Gasteiger partial charge is 0.419 e. The predicted molar refractivity (Wildman–Crippen MR) is 115 cm³/mol. The number of nitrogens with one attached hydrogen (secondary N) is 3. The molecule has 4 aromatic heterocycles. The summed E-state index contributed by atoms with van der Waals surface area (Å²) in [6, 6.07) is 1.63. The zero-order valence-corrected chi connectivity index (χ0v) is 17.4. The Bertz CT molecular complexity index is 1310. The fourth-order valence-corrected chi connectivity index (χ4v) is 4.45. The van der Waals surface area contributed by atoms with Crippen LogP contribution in [0.5, 0.6) is 0 Å². The Hall–Kier alpha value is -3.25. The lowest BCUT2D eigenvalue weighted by Gasteiger charge is -2.24. The van der Waals surface area contributed by atoms with Crippen LogP contribution in [0, 0.1) is 0 Å². The minimum Gasteiger partial charge on any atom is -0.356 e. The average Bonchev–Trinajstić information content (AvgIpc) is 3.44. The lowest BCUT2D eigenvalue weighted by Crippen LogP contribution is -2.38. The van der Waals surface area contributed by atoms with Crippen molar-refractivity contribution in [2.45, 2.75) is 25.1 Å². The number of hydrogen-bond donors (Lipinski definition) is 3. The van der Waals surface area contributed by atoms with E-state index in [1.54, 1.807) is 17.8 Å². The number of anilines is 1. The number of thiazole rings is 1. The van der Waals surface area contributed by atoms with Crippen LogP contribution >= 0.6 is 11.3 Å². The minimum atomic E-state index is -4.65. The second kappa shape index (κ2) is 8.02. The Balaban J connectivity index is 1.61. The highest BCUT2D eigenvalue weighted by atomic mass is 32.1. The second-order valence-electron chi connectivity index (χ2n) is 7.46. The first kappa shape index (κ1) is 20.6. The number of halogens is 3. The molecule has 0 spiro atoms. The molecule has 5 rings (SSSR count). The van der Waals surface area contributed by atoms with Gasteiger partial charge in [0.05, 0.1) is 17.4 Å². The molecule has 0 radical (unpaired) electrons. The first-order valence-corrected chi connectivity index (χ1v) is 10.8. The number of piperidine rings is 1. The van der Waals surface area contributed by atoms with Crippen molar-refractivity contribution in [1.82, 2.24) is 29.8 Å². The SMILES string of the molecule is O=c1c2[nH]cc(-c3nc(N[C@H]4CCCNC4)ncc3C(F)(F)F)c2ccn1-c1cncs1. The third kappa shape index (κ3) is 3.75. The number of H-pyrrole nitrogens is 1. The van der Waals surface area contributed by atoms with Crippen LogP contribution in [-0.4, -0.2) is 43.6 Å². The van der Waals surface area contributed by atoms with E-state index in [-0.39, 0.29) is 34.3 Å². The third-order valence-corrected chi connectivity index (χ3v) is 6.15. The number of fused-ring (bicyclic) bond motifs is 1. The van der Waals surface area contributed by atoms with Crippen LogP contribution in [0.25, 0.3) is 27.2 Å². The normalized spacial score (nSPS) is 17.0. The van der Waals surface area contributed by atoms with Crippen molar-refractivity contribution in [3.8, 4) is 16.3 Å². The van der Waals surface area contributed by atoms with Gasteiger partial charge >= 0.3 is 6.18 Å². The van der Waals surface area contributed by atoms with Crippen molar-refractivity contribution in [3.63, 3.8) is 0 Å². The highest BCUT2D eigenvalue weighted by Gasteiger charge is 2.36. The van der Waals surface area contributed by atoms with Crippen molar-refractivity contribution < 1.29 is 13.2 Å². The molecule has 0 bridgehead atoms. The number of alkyl halides is 3. The van der Waals surface area contributed by atoms with E-state index in [9.17, 15) is 18.0 Å². The molecule has 0 aromatic carbocycles. The fraction of sp³-hybridized carbons (Fsp3) is 0.300. The summed E-state index contributed by atoms with van der Waals surface area (Å²) in [4.78, 5) is 27.8. The minimum absolute atomic E-state index is 0.0305. The zero-order valence-electron chi connectivity index (χ0n) is 16.6. The van der Waals surface area contributed by atoms with Gasteiger partial charge in [0.25, 0.3) is 5.56 Å². The van der Waals surface area contributed by atoms with E-state index < -0.39 is 11.7 Å². The van der Waals surface area contributed by atoms with Crippen LogP contribution in [0.1, 0.15) is 18.4 Å². The van der Waals surface area contributed by atoms with Gasteiger partial charge in [-0.15, -0.1) is 11.3 Å². The van der Waals surface area contributed by atoms with E-state index in [1.807, 2.05) is 0 Å². The van der Waals surface area contributed by atoms with Crippen LogP contribution < -0.4 is 16.2 Å². The van der Waals surface area contributed by atoms with Crippen molar-refractivity contribution in [3.05, 3.63) is 52.3 Å². The molecular formula is C20H18F3N7OS. The maximum absolute atomic E-state index is 13.8. The number of rotatable bonds is 4. The maximum Gasteiger partial charge on any atom is 0.419 e. The van der Waals surface area contributed by atoms with Crippen LogP contribution in [0.4, 0.5) is 19.1 Å². The van der Waals surface area contributed by atoms with Crippen molar-refractivity contribution >= 4 is 28.2 Å². The van der Waals surface area contributed by atoms with E-state index in [0.29, 0.717) is 16.9 Å². The zero-order chi connectivity index (χ0) is 22.3. The number of pyridine rings is 1. The molecule has 5 heterocycles. The van der Waals surface area contributed by atoms with Gasteiger partial charge in [0.2, 0.25) is 5.95 Å². The predicted octanol–water partition coefficient (Wildman–Crippen LogP) is 3.42. The second-order valence-corrected chi connectivity index (χ2v) is 8.33. The summed E-state index contributed by atoms with van der Waals surface area (Å²) in [5.74, 6) is 0.119. The molecule has 8 nitrogen and oxygen atoms in total. The van der Waals surface area contributed by atoms with Gasteiger partial charge in [-0.1, -0.05) is 0 Å². The number of aromatic nitrogens is 5. The van der Waals surface area contributed by atoms with Gasteiger partial charge in [0.1, 0.15) is 16.1 Å². The van der Waals surface area contributed by atoms with Crippen LogP contribution in [0.15, 0.2) is 41.2 Å². The number of hydrogen-bond acceptors (Lipinski definition) is 7. The van der Waals surface area contributed by atoms with Gasteiger partial charge in [-0.3, -0.25) is 14.3 Å². The molecule has 0 aliphatic carbocycles. The number of aromatic amines is 1. The molecule has 1 atom stereocenters. The van der Waals surface area contributed by atoms with E-state index >= 15 is 0 Å². The summed E-state index contributed by atoms with van der Waals surface area (Å²) in [6.07, 6.45) is 2.42. The van der Waals surface area contributed by atoms with E-state index in [2.05, 4.69) is 30.6 Å². The fourth-order valence-electron chi connectivity index (χ4n) is 3.84. The summed E-state index contributed by atoms with van der Waals surface area (Å²) in [7, 11) is 0. The number of nitrogens with zero attached hydrogens (tertiary/aromatic N) is 4. The Morgan fingerprint density at radius 2 is 2.16 bits per heavy atom. The molecule has 4 aromatic rings. The molecule has 0 unspecified atom stereocenters. The van der Waals surface area contributed by atoms with E-state index in [0.717, 1.165) is 25.6 Å². The van der Waals surface area contributed by atoms with Crippen molar-refractivity contribution in [1.29, 1.82) is 0 Å². The van der Waals surface area contributed by atoms with Crippen LogP contribution in [0.3, 0.4) is 0 Å². The highest BCUT2D eigenvalue weighted by Crippen LogP contribution is 2.38. The summed E-state index contributed by atoms with van der Waals surface area (Å²) in [6.45, 7) is 1.59. The van der Waals surface area contributed by atoms with Crippen LogP contribution in [-0.2, 0) is 6.18 Å². The lowest BCUT2D eigenvalue weighted by atomic mass is 10.1. The van der Waals surface area contributed by atoms with Crippen molar-refractivity contribution in [2.24, 2.45) is 0 Å². The smallest absolute Gasteiger partial charge is 0.356 e. The molecule has 1 aliphatic rings. The molecule has 0 amide bonds. The Morgan fingerprint density at radius 3 is 2.88 bits per heavy atom. The third-order valence-electron chi connectivity index (χ3n) is 5.38. The van der Waals surface area contributed by atoms with E-state index in [1.165, 1.54) is 28.3 Å². The molecule has 1 saturated heterocycles. The van der Waals surface area contributed by atoms with Gasteiger partial charge in [-0.05, 0) is 25.5 Å². The molecule has 1 fully saturated rings. The summed E-state index contributed by atoms with van der Waals surface area (Å²) in [5, 5.41) is 7.31. The van der Waals surface area contributed by atoms with Crippen molar-refractivity contribution in [2.75, 3.05) is 18.4 Å². The lowest BCUT2D eigenvalue weighted by molar-refractivity contribution is -0.137.